The van der Waals surface area contributed by atoms with E-state index in [9.17, 15) is 13.2 Å². The summed E-state index contributed by atoms with van der Waals surface area (Å²) in [6.07, 6.45) is 6.01. The summed E-state index contributed by atoms with van der Waals surface area (Å²) in [4.78, 5) is 15.7. The average Bonchev–Trinajstić information content (AvgIpc) is 3.06. The number of benzene rings is 1. The van der Waals surface area contributed by atoms with Crippen molar-refractivity contribution in [2.24, 2.45) is 10.6 Å². The third-order valence-electron chi connectivity index (χ3n) is 7.13. The van der Waals surface area contributed by atoms with Gasteiger partial charge < -0.3 is 9.30 Å². The fourth-order valence-corrected chi connectivity index (χ4v) is 6.38. The SMILES string of the molecule is CCOC(=O)C1=C[C@]2(CC)CCCN3CCc4c(n1c1ccc(S(N)(=O)=O)cc41)[C@@H]32. The Balaban J connectivity index is 1.85. The predicted octanol–water partition coefficient (Wildman–Crippen LogP) is 2.80. The summed E-state index contributed by atoms with van der Waals surface area (Å²) >= 11 is 0. The first-order chi connectivity index (χ1) is 14.3. The first kappa shape index (κ1) is 19.8. The summed E-state index contributed by atoms with van der Waals surface area (Å²) < 4.78 is 31.4. The predicted molar refractivity (Wildman–Crippen MR) is 114 cm³/mol. The Bertz CT molecular complexity index is 1200. The lowest BCUT2D eigenvalue weighted by molar-refractivity contribution is -0.136. The Morgan fingerprint density at radius 3 is 2.80 bits per heavy atom. The van der Waals surface area contributed by atoms with E-state index in [2.05, 4.69) is 17.9 Å². The number of carbonyl (C=O) groups excluding carboxylic acids is 1. The highest BCUT2D eigenvalue weighted by Gasteiger charge is 2.51. The van der Waals surface area contributed by atoms with E-state index in [-0.39, 0.29) is 22.3 Å². The number of aromatic nitrogens is 1. The highest BCUT2D eigenvalue weighted by atomic mass is 32.2. The molecule has 5 rings (SSSR count). The molecule has 1 aromatic carbocycles. The van der Waals surface area contributed by atoms with Crippen molar-refractivity contribution < 1.29 is 17.9 Å². The van der Waals surface area contributed by atoms with Crippen LogP contribution in [-0.2, 0) is 26.0 Å². The quantitative estimate of drug-likeness (QED) is 0.754. The zero-order valence-corrected chi connectivity index (χ0v) is 18.2. The zero-order chi connectivity index (χ0) is 21.3. The molecule has 0 unspecified atom stereocenters. The molecule has 3 aliphatic heterocycles. The van der Waals surface area contributed by atoms with E-state index in [1.165, 1.54) is 6.07 Å². The normalized spacial score (nSPS) is 25.7. The molecule has 0 saturated carbocycles. The van der Waals surface area contributed by atoms with Gasteiger partial charge in [0, 0.05) is 23.0 Å². The van der Waals surface area contributed by atoms with Crippen molar-refractivity contribution in [3.05, 3.63) is 35.5 Å². The van der Waals surface area contributed by atoms with Crippen LogP contribution in [0.4, 0.5) is 0 Å². The number of rotatable bonds is 4. The third kappa shape index (κ3) is 2.63. The molecule has 0 spiro atoms. The fourth-order valence-electron chi connectivity index (χ4n) is 5.84. The molecule has 1 saturated heterocycles. The summed E-state index contributed by atoms with van der Waals surface area (Å²) in [5.74, 6) is -0.332. The second-order valence-corrected chi connectivity index (χ2v) is 10.1. The van der Waals surface area contributed by atoms with Crippen molar-refractivity contribution in [2.75, 3.05) is 19.7 Å². The molecule has 3 aliphatic rings. The average molecular weight is 430 g/mol. The van der Waals surface area contributed by atoms with E-state index >= 15 is 0 Å². The Labute approximate surface area is 176 Å². The van der Waals surface area contributed by atoms with Crippen molar-refractivity contribution in [3.8, 4) is 0 Å². The minimum absolute atomic E-state index is 0.101. The molecule has 30 heavy (non-hydrogen) atoms. The highest BCUT2D eigenvalue weighted by molar-refractivity contribution is 7.89. The molecular formula is C22H27N3O4S. The van der Waals surface area contributed by atoms with Crippen molar-refractivity contribution >= 4 is 32.6 Å². The largest absolute Gasteiger partial charge is 0.461 e. The molecule has 7 nitrogen and oxygen atoms in total. The molecule has 0 bridgehead atoms. The minimum Gasteiger partial charge on any atom is -0.461 e. The Kier molecular flexibility index (Phi) is 4.40. The van der Waals surface area contributed by atoms with Gasteiger partial charge in [0.25, 0.3) is 0 Å². The summed E-state index contributed by atoms with van der Waals surface area (Å²) in [6, 6.07) is 5.14. The summed E-state index contributed by atoms with van der Waals surface area (Å²) in [5, 5.41) is 6.27. The van der Waals surface area contributed by atoms with Crippen LogP contribution in [0.25, 0.3) is 16.6 Å². The molecule has 160 valence electrons. The van der Waals surface area contributed by atoms with Gasteiger partial charge >= 0.3 is 5.97 Å². The van der Waals surface area contributed by atoms with Crippen LogP contribution < -0.4 is 5.14 Å². The van der Waals surface area contributed by atoms with E-state index in [1.54, 1.807) is 12.1 Å². The molecule has 2 aromatic rings. The van der Waals surface area contributed by atoms with Crippen LogP contribution in [0.1, 0.15) is 50.4 Å². The maximum absolute atomic E-state index is 13.0. The van der Waals surface area contributed by atoms with Gasteiger partial charge in [-0.2, -0.15) is 0 Å². The first-order valence-corrected chi connectivity index (χ1v) is 12.2. The number of fused-ring (bicyclic) bond motifs is 3. The molecule has 1 fully saturated rings. The molecule has 0 amide bonds. The molecular weight excluding hydrogens is 402 g/mol. The molecule has 1 aromatic heterocycles. The second-order valence-electron chi connectivity index (χ2n) is 8.55. The maximum Gasteiger partial charge on any atom is 0.354 e. The van der Waals surface area contributed by atoms with E-state index in [4.69, 9.17) is 9.88 Å². The monoisotopic (exact) mass is 429 g/mol. The van der Waals surface area contributed by atoms with Gasteiger partial charge in [-0.25, -0.2) is 18.4 Å². The number of primary sulfonamides is 1. The molecule has 2 atom stereocenters. The number of carbonyl (C=O) groups is 1. The van der Waals surface area contributed by atoms with E-state index in [1.807, 2.05) is 11.5 Å². The van der Waals surface area contributed by atoms with E-state index in [0.29, 0.717) is 12.3 Å². The van der Waals surface area contributed by atoms with Gasteiger partial charge in [-0.1, -0.05) is 6.92 Å². The van der Waals surface area contributed by atoms with Crippen LogP contribution in [0.5, 0.6) is 0 Å². The Morgan fingerprint density at radius 1 is 1.30 bits per heavy atom. The molecule has 8 heteroatoms. The summed E-state index contributed by atoms with van der Waals surface area (Å²) in [5.41, 5.74) is 3.52. The van der Waals surface area contributed by atoms with Crippen LogP contribution in [0.15, 0.2) is 29.2 Å². The van der Waals surface area contributed by atoms with Gasteiger partial charge in [0.15, 0.2) is 0 Å². The van der Waals surface area contributed by atoms with E-state index < -0.39 is 10.0 Å². The van der Waals surface area contributed by atoms with Crippen LogP contribution in [0.3, 0.4) is 0 Å². The van der Waals surface area contributed by atoms with Crippen LogP contribution in [0.2, 0.25) is 0 Å². The van der Waals surface area contributed by atoms with Crippen LogP contribution >= 0.6 is 0 Å². The summed E-state index contributed by atoms with van der Waals surface area (Å²) in [7, 11) is -3.81. The standard InChI is InChI=1S/C22H27N3O4S/c1-3-22-9-5-10-24-11-8-15-16-12-14(30(23,27)28)6-7-17(16)25(19(15)20(22)24)18(13-22)21(26)29-4-2/h6-7,12-13,20H,3-5,8-11H2,1-2H3,(H2,23,27,28)/t20-,22+/m1/s1. The molecule has 0 aliphatic carbocycles. The minimum atomic E-state index is -3.81. The summed E-state index contributed by atoms with van der Waals surface area (Å²) in [6.45, 7) is 6.28. The number of nitrogens with zero attached hydrogens (tertiary/aromatic N) is 2. The third-order valence-corrected chi connectivity index (χ3v) is 8.04. The topological polar surface area (TPSA) is 94.6 Å². The van der Waals surface area contributed by atoms with Gasteiger partial charge in [0.1, 0.15) is 5.70 Å². The molecule has 4 heterocycles. The van der Waals surface area contributed by atoms with Crippen LogP contribution in [0, 0.1) is 5.41 Å². The van der Waals surface area contributed by atoms with Gasteiger partial charge in [-0.05, 0) is 69.0 Å². The fraction of sp³-hybridized carbons (Fsp3) is 0.500. The highest BCUT2D eigenvalue weighted by Crippen LogP contribution is 2.57. The number of hydrogen-bond donors (Lipinski definition) is 1. The number of hydrogen-bond acceptors (Lipinski definition) is 5. The van der Waals surface area contributed by atoms with Gasteiger partial charge in [-0.3, -0.25) is 4.90 Å². The van der Waals surface area contributed by atoms with Crippen molar-refractivity contribution in [3.63, 3.8) is 0 Å². The van der Waals surface area contributed by atoms with E-state index in [0.717, 1.165) is 60.9 Å². The molecule has 2 N–H and O–H groups in total. The Morgan fingerprint density at radius 2 is 2.10 bits per heavy atom. The molecule has 0 radical (unpaired) electrons. The lowest BCUT2D eigenvalue weighted by atomic mass is 9.66. The number of ether oxygens (including phenoxy) is 1. The second kappa shape index (κ2) is 6.67. The lowest BCUT2D eigenvalue weighted by Gasteiger charge is -2.53. The van der Waals surface area contributed by atoms with Gasteiger partial charge in [0.05, 0.1) is 23.1 Å². The van der Waals surface area contributed by atoms with Gasteiger partial charge in [-0.15, -0.1) is 0 Å². The number of sulfonamides is 1. The smallest absolute Gasteiger partial charge is 0.354 e. The number of esters is 1. The Hall–Kier alpha value is -2.16. The zero-order valence-electron chi connectivity index (χ0n) is 17.3. The number of nitrogens with two attached hydrogens (primary N) is 1. The van der Waals surface area contributed by atoms with Crippen LogP contribution in [-0.4, -0.2) is 43.6 Å². The van der Waals surface area contributed by atoms with Gasteiger partial charge in [0.2, 0.25) is 10.0 Å². The van der Waals surface area contributed by atoms with Crippen molar-refractivity contribution in [1.82, 2.24) is 9.47 Å². The number of piperidine rings is 1. The van der Waals surface area contributed by atoms with Crippen molar-refractivity contribution in [2.45, 2.75) is 50.5 Å². The first-order valence-electron chi connectivity index (χ1n) is 10.6. The maximum atomic E-state index is 13.0. The van der Waals surface area contributed by atoms with Crippen molar-refractivity contribution in [1.29, 1.82) is 0 Å². The lowest BCUT2D eigenvalue weighted by Crippen LogP contribution is -2.51.